The maximum absolute atomic E-state index is 13.1. The molecule has 174 valence electrons. The highest BCUT2D eigenvalue weighted by atomic mass is 32.2. The van der Waals surface area contributed by atoms with Crippen LogP contribution in [-0.2, 0) is 15.0 Å². The molecule has 2 fully saturated rings. The van der Waals surface area contributed by atoms with Gasteiger partial charge in [-0.1, -0.05) is 0 Å². The highest BCUT2D eigenvalue weighted by Gasteiger charge is 2.43. The number of anilines is 1. The van der Waals surface area contributed by atoms with Crippen molar-refractivity contribution >= 4 is 27.6 Å². The van der Waals surface area contributed by atoms with Crippen molar-refractivity contribution in [3.63, 3.8) is 0 Å². The molecule has 0 saturated heterocycles. The highest BCUT2D eigenvalue weighted by molar-refractivity contribution is 7.88. The number of pyridine rings is 1. The number of alkyl halides is 3. The number of aromatic nitrogens is 1. The second-order valence-corrected chi connectivity index (χ2v) is 9.92. The van der Waals surface area contributed by atoms with E-state index < -0.39 is 39.9 Å². The molecule has 0 unspecified atom stereocenters. The fourth-order valence-corrected chi connectivity index (χ4v) is 5.34. The second-order valence-electron chi connectivity index (χ2n) is 8.40. The van der Waals surface area contributed by atoms with Crippen LogP contribution in [0, 0.1) is 23.6 Å². The quantitative estimate of drug-likeness (QED) is 0.657. The lowest BCUT2D eigenvalue weighted by Crippen LogP contribution is -2.41. The van der Waals surface area contributed by atoms with Gasteiger partial charge in [-0.15, -0.1) is 4.40 Å². The molecule has 12 heteroatoms. The normalized spacial score (nSPS) is 25.7. The molecule has 1 aromatic heterocycles. The lowest BCUT2D eigenvalue weighted by Gasteiger charge is -2.33. The first kappa shape index (κ1) is 22.7. The summed E-state index contributed by atoms with van der Waals surface area (Å²) in [4.78, 5) is 16.7. The summed E-state index contributed by atoms with van der Waals surface area (Å²) in [7, 11) is -4.22. The Kier molecular flexibility index (Phi) is 5.99. The molecule has 1 aliphatic heterocycles. The molecule has 0 radical (unpaired) electrons. The van der Waals surface area contributed by atoms with Gasteiger partial charge in [0, 0.05) is 12.5 Å². The van der Waals surface area contributed by atoms with Gasteiger partial charge in [0.2, 0.25) is 0 Å². The monoisotopic (exact) mass is 474 g/mol. The van der Waals surface area contributed by atoms with Crippen LogP contribution in [0.4, 0.5) is 23.4 Å². The molecule has 3 aliphatic rings. The van der Waals surface area contributed by atoms with Gasteiger partial charge in [-0.25, -0.2) is 13.7 Å². The van der Waals surface area contributed by atoms with Crippen LogP contribution in [0.3, 0.4) is 0 Å². The van der Waals surface area contributed by atoms with Crippen LogP contribution < -0.4 is 5.32 Å². The number of hydrogen-bond donors (Lipinski definition) is 1. The predicted octanol–water partition coefficient (Wildman–Crippen LogP) is 3.82. The van der Waals surface area contributed by atoms with E-state index >= 15 is 0 Å². The molecule has 1 aromatic rings. The summed E-state index contributed by atoms with van der Waals surface area (Å²) in [6.45, 7) is 0.0933. The average molecular weight is 474 g/mol. The standard InChI is InChI=1S/C20H22F4N4O3S/c21-15-7-8-18(25-10-15)26-19(29)17-9-16(13-3-5-14(6-4-13)20(22,23)24)27-32(30,31)28(17)11-12-1-2-12/h7-10,12-14H,1-6,11H2,(H,25,26,29). The summed E-state index contributed by atoms with van der Waals surface area (Å²) in [5.41, 5.74) is -0.0687. The molecule has 0 bridgehead atoms. The van der Waals surface area contributed by atoms with Gasteiger partial charge in [0.05, 0.1) is 17.8 Å². The first-order valence-corrected chi connectivity index (χ1v) is 11.8. The van der Waals surface area contributed by atoms with E-state index in [1.165, 1.54) is 12.1 Å². The molecule has 7 nitrogen and oxygen atoms in total. The number of rotatable bonds is 5. The van der Waals surface area contributed by atoms with Gasteiger partial charge in [-0.2, -0.15) is 21.6 Å². The fourth-order valence-electron chi connectivity index (χ4n) is 3.99. The van der Waals surface area contributed by atoms with E-state index in [2.05, 4.69) is 14.7 Å². The molecule has 1 N–H and O–H groups in total. The zero-order valence-electron chi connectivity index (χ0n) is 17.0. The maximum atomic E-state index is 13.1. The number of nitrogens with zero attached hydrogens (tertiary/aromatic N) is 3. The summed E-state index contributed by atoms with van der Waals surface area (Å²) in [6, 6.07) is 2.34. The number of amides is 1. The lowest BCUT2D eigenvalue weighted by molar-refractivity contribution is -0.182. The van der Waals surface area contributed by atoms with Crippen molar-refractivity contribution in [2.75, 3.05) is 11.9 Å². The van der Waals surface area contributed by atoms with E-state index in [-0.39, 0.29) is 55.4 Å². The zero-order chi connectivity index (χ0) is 23.1. The molecule has 0 atom stereocenters. The van der Waals surface area contributed by atoms with Crippen molar-refractivity contribution in [1.29, 1.82) is 0 Å². The molecule has 4 rings (SSSR count). The van der Waals surface area contributed by atoms with Crippen LogP contribution in [0.25, 0.3) is 0 Å². The average Bonchev–Trinajstić information content (AvgIpc) is 3.54. The van der Waals surface area contributed by atoms with E-state index in [9.17, 15) is 30.8 Å². The van der Waals surface area contributed by atoms with E-state index in [1.807, 2.05) is 0 Å². The second kappa shape index (κ2) is 8.45. The summed E-state index contributed by atoms with van der Waals surface area (Å²) >= 11 is 0. The Morgan fingerprint density at radius 1 is 1.12 bits per heavy atom. The zero-order valence-corrected chi connectivity index (χ0v) is 17.8. The van der Waals surface area contributed by atoms with Crippen molar-refractivity contribution in [3.8, 4) is 0 Å². The summed E-state index contributed by atoms with van der Waals surface area (Å²) < 4.78 is 82.6. The topological polar surface area (TPSA) is 91.7 Å². The van der Waals surface area contributed by atoms with Gasteiger partial charge in [0.15, 0.2) is 0 Å². The smallest absolute Gasteiger partial charge is 0.305 e. The van der Waals surface area contributed by atoms with Crippen LogP contribution in [0.1, 0.15) is 38.5 Å². The molecular formula is C20H22F4N4O3S. The maximum Gasteiger partial charge on any atom is 0.391 e. The number of hydrogen-bond acceptors (Lipinski definition) is 4. The number of halogens is 4. The van der Waals surface area contributed by atoms with Gasteiger partial charge in [0.1, 0.15) is 17.3 Å². The minimum absolute atomic E-state index is 0.0378. The van der Waals surface area contributed by atoms with E-state index in [0.717, 1.165) is 29.4 Å². The number of carbonyl (C=O) groups excluding carboxylic acids is 1. The Morgan fingerprint density at radius 3 is 2.38 bits per heavy atom. The van der Waals surface area contributed by atoms with Crippen molar-refractivity contribution in [2.45, 2.75) is 44.7 Å². The van der Waals surface area contributed by atoms with E-state index in [1.54, 1.807) is 0 Å². The predicted molar refractivity (Wildman–Crippen MR) is 108 cm³/mol. The molecule has 2 heterocycles. The van der Waals surface area contributed by atoms with Gasteiger partial charge in [-0.3, -0.25) is 4.79 Å². The van der Waals surface area contributed by atoms with Gasteiger partial charge >= 0.3 is 16.4 Å². The van der Waals surface area contributed by atoms with Crippen molar-refractivity contribution in [2.24, 2.45) is 22.2 Å². The molecule has 2 saturated carbocycles. The Bertz CT molecular complexity index is 1040. The molecule has 0 aromatic carbocycles. The Balaban J connectivity index is 1.58. The van der Waals surface area contributed by atoms with Crippen molar-refractivity contribution in [1.82, 2.24) is 9.29 Å². The van der Waals surface area contributed by atoms with Crippen LogP contribution in [-0.4, -0.2) is 42.0 Å². The highest BCUT2D eigenvalue weighted by Crippen LogP contribution is 2.41. The van der Waals surface area contributed by atoms with Crippen molar-refractivity contribution in [3.05, 3.63) is 35.9 Å². The Morgan fingerprint density at radius 2 is 1.81 bits per heavy atom. The first-order valence-electron chi connectivity index (χ1n) is 10.4. The first-order chi connectivity index (χ1) is 15.0. The number of carbonyl (C=O) groups is 1. The Hall–Kier alpha value is -2.50. The summed E-state index contributed by atoms with van der Waals surface area (Å²) in [5.74, 6) is -3.11. The van der Waals surface area contributed by atoms with Crippen molar-refractivity contribution < 1.29 is 30.8 Å². The SMILES string of the molecule is O=C(Nc1ccc(F)cn1)C1=CC(C2CCC(C(F)(F)F)CC2)=NS(=O)(=O)N1CC1CC1. The molecular weight excluding hydrogens is 452 g/mol. The third-order valence-electron chi connectivity index (χ3n) is 5.98. The molecule has 32 heavy (non-hydrogen) atoms. The largest absolute Gasteiger partial charge is 0.391 e. The molecule has 2 aliphatic carbocycles. The third kappa shape index (κ3) is 5.11. The lowest BCUT2D eigenvalue weighted by atomic mass is 9.79. The van der Waals surface area contributed by atoms with Crippen LogP contribution in [0.15, 0.2) is 34.5 Å². The van der Waals surface area contributed by atoms with Gasteiger partial charge < -0.3 is 5.32 Å². The summed E-state index contributed by atoms with van der Waals surface area (Å²) in [5, 5.41) is 2.46. The van der Waals surface area contributed by atoms with Gasteiger partial charge in [0.25, 0.3) is 5.91 Å². The fraction of sp³-hybridized carbons (Fsp3) is 0.550. The van der Waals surface area contributed by atoms with Gasteiger partial charge in [-0.05, 0) is 62.7 Å². The van der Waals surface area contributed by atoms with Crippen LogP contribution in [0.5, 0.6) is 0 Å². The van der Waals surface area contributed by atoms with Crippen LogP contribution >= 0.6 is 0 Å². The van der Waals surface area contributed by atoms with E-state index in [4.69, 9.17) is 0 Å². The minimum atomic E-state index is -4.28. The minimum Gasteiger partial charge on any atom is -0.305 e. The summed E-state index contributed by atoms with van der Waals surface area (Å²) in [6.07, 6.45) is -0.331. The van der Waals surface area contributed by atoms with Crippen LogP contribution in [0.2, 0.25) is 0 Å². The molecule has 1 amide bonds. The molecule has 0 spiro atoms. The number of nitrogens with one attached hydrogen (secondary N) is 1. The Labute approximate surface area is 182 Å². The third-order valence-corrected chi connectivity index (χ3v) is 7.33. The van der Waals surface area contributed by atoms with E-state index in [0.29, 0.717) is 0 Å². The number of allylic oxidation sites excluding steroid dienone is 1.